The van der Waals surface area contributed by atoms with E-state index in [1.165, 1.54) is 4.90 Å². The Kier molecular flexibility index (Phi) is 4.72. The first-order valence-corrected chi connectivity index (χ1v) is 5.71. The number of anilines is 1. The van der Waals surface area contributed by atoms with Gasteiger partial charge < -0.3 is 17.5 Å². The first-order chi connectivity index (χ1) is 6.94. The van der Waals surface area contributed by atoms with E-state index in [1.807, 2.05) is 31.2 Å². The number of carbonyl (C=O) groups is 1. The zero-order chi connectivity index (χ0) is 11.2. The summed E-state index contributed by atoms with van der Waals surface area (Å²) in [7, 11) is 0. The summed E-state index contributed by atoms with van der Waals surface area (Å²) >= 11 is 15.2. The molecule has 2 unspecified atom stereocenters. The quantitative estimate of drug-likeness (QED) is 0.236. The molecule has 6 heteroatoms. The molecule has 0 bridgehead atoms. The summed E-state index contributed by atoms with van der Waals surface area (Å²) in [6.07, 6.45) is 0. The number of amides is 1. The van der Waals surface area contributed by atoms with Crippen molar-refractivity contribution in [2.24, 2.45) is 0 Å². The van der Waals surface area contributed by atoms with Gasteiger partial charge in [-0.15, -0.1) is 11.6 Å². The van der Waals surface area contributed by atoms with E-state index >= 15 is 0 Å². The average Bonchev–Trinajstić information content (AvgIpc) is 2.20. The minimum absolute atomic E-state index is 0. The Hall–Kier alpha value is 0.680. The summed E-state index contributed by atoms with van der Waals surface area (Å²) in [5.41, 5.74) is 1.87. The van der Waals surface area contributed by atoms with Crippen LogP contribution in [0.2, 0.25) is 0 Å². The maximum Gasteiger partial charge on any atom is 1.00 e. The van der Waals surface area contributed by atoms with Crippen molar-refractivity contribution < 1.29 is 34.4 Å². The molecule has 0 saturated carbocycles. The Labute approximate surface area is 133 Å². The molecule has 2 nitrogen and oxygen atoms in total. The Morgan fingerprint density at radius 3 is 2.38 bits per heavy atom. The summed E-state index contributed by atoms with van der Waals surface area (Å²) in [5.74, 6) is -0.189. The Morgan fingerprint density at radius 2 is 1.94 bits per heavy atom. The van der Waals surface area contributed by atoms with Gasteiger partial charge in [0.15, 0.2) is 0 Å². The van der Waals surface area contributed by atoms with Gasteiger partial charge in [-0.2, -0.15) is 12.6 Å². The number of hydrogen-bond donors (Lipinski definition) is 1. The van der Waals surface area contributed by atoms with Crippen molar-refractivity contribution in [2.75, 3.05) is 4.90 Å². The van der Waals surface area contributed by atoms with Crippen molar-refractivity contribution in [3.8, 4) is 0 Å². The molecule has 16 heavy (non-hydrogen) atoms. The van der Waals surface area contributed by atoms with Crippen LogP contribution in [0.25, 0.3) is 0 Å². The molecule has 80 valence electrons. The number of carbonyl (C=O) groups excluding carboxylic acids is 1. The van der Waals surface area contributed by atoms with Gasteiger partial charge in [-0.05, 0) is 23.3 Å². The third-order valence-corrected chi connectivity index (χ3v) is 4.04. The zero-order valence-electron chi connectivity index (χ0n) is 8.98. The van der Waals surface area contributed by atoms with Gasteiger partial charge in [0.1, 0.15) is 5.38 Å². The predicted octanol–water partition coefficient (Wildman–Crippen LogP) is -0.916. The van der Waals surface area contributed by atoms with E-state index in [9.17, 15) is 4.79 Å². The van der Waals surface area contributed by atoms with Crippen molar-refractivity contribution in [1.29, 1.82) is 0 Å². The standard InChI is InChI=1S/C10H10ClNOS2.Na/c1-6-2-4-7(5-3-6)12-9(13)8(11)10(12,14)15;/h2-5,8,14-15H,1H3;/q;+1/p-1. The maximum absolute atomic E-state index is 11.5. The number of hydrogen-bond acceptors (Lipinski definition) is 3. The molecular formula is C10H9ClNNaOS2. The van der Waals surface area contributed by atoms with E-state index in [2.05, 4.69) is 12.6 Å². The summed E-state index contributed by atoms with van der Waals surface area (Å²) < 4.78 is -1.01. The van der Waals surface area contributed by atoms with E-state index in [4.69, 9.17) is 24.2 Å². The fraction of sp³-hybridized carbons (Fsp3) is 0.300. The van der Waals surface area contributed by atoms with Gasteiger partial charge >= 0.3 is 29.6 Å². The Morgan fingerprint density at radius 1 is 1.44 bits per heavy atom. The van der Waals surface area contributed by atoms with Crippen molar-refractivity contribution in [2.45, 2.75) is 16.5 Å². The van der Waals surface area contributed by atoms with Crippen LogP contribution in [0.1, 0.15) is 5.56 Å². The molecule has 2 rings (SSSR count). The molecule has 0 radical (unpaired) electrons. The number of β-lactam (4-membered cyclic amide) rings is 1. The summed E-state index contributed by atoms with van der Waals surface area (Å²) in [4.78, 5) is 13.0. The number of thiol groups is 1. The van der Waals surface area contributed by atoms with Crippen molar-refractivity contribution in [3.63, 3.8) is 0 Å². The van der Waals surface area contributed by atoms with Crippen molar-refractivity contribution in [3.05, 3.63) is 29.8 Å². The molecule has 1 aliphatic rings. The molecule has 1 heterocycles. The second kappa shape index (κ2) is 5.12. The molecule has 1 fully saturated rings. The summed E-state index contributed by atoms with van der Waals surface area (Å²) in [6.45, 7) is 1.98. The van der Waals surface area contributed by atoms with E-state index in [-0.39, 0.29) is 35.5 Å². The van der Waals surface area contributed by atoms with E-state index in [1.54, 1.807) is 0 Å². The largest absolute Gasteiger partial charge is 1.00 e. The second-order valence-electron chi connectivity index (χ2n) is 3.53. The molecule has 2 atom stereocenters. The van der Waals surface area contributed by atoms with Crippen LogP contribution in [0.5, 0.6) is 0 Å². The molecule has 1 aromatic carbocycles. The molecule has 0 spiro atoms. The second-order valence-corrected chi connectivity index (χ2v) is 5.57. The smallest absolute Gasteiger partial charge is 0.751 e. The number of nitrogens with zero attached hydrogens (tertiary/aromatic N) is 1. The van der Waals surface area contributed by atoms with Crippen LogP contribution in [0, 0.1) is 6.92 Å². The van der Waals surface area contributed by atoms with Crippen LogP contribution in [-0.4, -0.2) is 15.5 Å². The third kappa shape index (κ3) is 2.28. The first kappa shape index (κ1) is 14.7. The predicted molar refractivity (Wildman–Crippen MR) is 67.4 cm³/mol. The number of aryl methyl sites for hydroxylation is 1. The number of halogens is 1. The van der Waals surface area contributed by atoms with E-state index in [0.717, 1.165) is 11.3 Å². The van der Waals surface area contributed by atoms with Gasteiger partial charge in [0, 0.05) is 5.69 Å². The summed E-state index contributed by atoms with van der Waals surface area (Å²) in [6, 6.07) is 7.52. The van der Waals surface area contributed by atoms with Gasteiger partial charge in [0.05, 0.1) is 0 Å². The monoisotopic (exact) mass is 281 g/mol. The molecule has 0 aliphatic carbocycles. The van der Waals surface area contributed by atoms with E-state index in [0.29, 0.717) is 0 Å². The van der Waals surface area contributed by atoms with Gasteiger partial charge in [-0.25, -0.2) is 0 Å². The van der Waals surface area contributed by atoms with Gasteiger partial charge in [-0.3, -0.25) is 4.79 Å². The maximum atomic E-state index is 11.5. The number of rotatable bonds is 1. The van der Waals surface area contributed by atoms with Gasteiger partial charge in [0.25, 0.3) is 0 Å². The van der Waals surface area contributed by atoms with Crippen molar-refractivity contribution >= 4 is 48.5 Å². The molecular weight excluding hydrogens is 273 g/mol. The van der Waals surface area contributed by atoms with Crippen LogP contribution in [-0.2, 0) is 17.4 Å². The van der Waals surface area contributed by atoms with Crippen LogP contribution in [0.15, 0.2) is 24.3 Å². The van der Waals surface area contributed by atoms with Gasteiger partial charge in [0.2, 0.25) is 5.91 Å². The molecule has 1 aromatic rings. The number of alkyl halides is 1. The molecule has 1 amide bonds. The SMILES string of the molecule is Cc1ccc(N2C(=O)C(Cl)C2([S-])S)cc1.[Na+]. The van der Waals surface area contributed by atoms with Crippen LogP contribution < -0.4 is 34.5 Å². The van der Waals surface area contributed by atoms with Gasteiger partial charge in [-0.1, -0.05) is 17.7 Å². The van der Waals surface area contributed by atoms with Crippen LogP contribution in [0.4, 0.5) is 5.69 Å². The topological polar surface area (TPSA) is 20.3 Å². The minimum atomic E-state index is -1.01. The average molecular weight is 282 g/mol. The van der Waals surface area contributed by atoms with Crippen molar-refractivity contribution in [1.82, 2.24) is 0 Å². The normalized spacial score (nSPS) is 28.4. The first-order valence-electron chi connectivity index (χ1n) is 4.42. The molecule has 0 N–H and O–H groups in total. The molecule has 0 aromatic heterocycles. The van der Waals surface area contributed by atoms with E-state index < -0.39 is 9.58 Å². The zero-order valence-corrected chi connectivity index (χ0v) is 13.4. The minimum Gasteiger partial charge on any atom is -0.751 e. The number of benzene rings is 1. The molecule has 1 saturated heterocycles. The van der Waals surface area contributed by atoms with Crippen LogP contribution >= 0.6 is 24.2 Å². The fourth-order valence-corrected chi connectivity index (χ4v) is 2.30. The third-order valence-electron chi connectivity index (χ3n) is 2.38. The fourth-order valence-electron chi connectivity index (χ4n) is 1.49. The Bertz CT molecular complexity index is 410. The Balaban J connectivity index is 0.00000128. The van der Waals surface area contributed by atoms with Crippen LogP contribution in [0.3, 0.4) is 0 Å². The summed E-state index contributed by atoms with van der Waals surface area (Å²) in [5, 5.41) is -0.725. The molecule has 1 aliphatic heterocycles.